The molecule has 0 spiro atoms. The summed E-state index contributed by atoms with van der Waals surface area (Å²) in [5, 5.41) is 7.77. The molecule has 1 aliphatic rings. The third kappa shape index (κ3) is 4.94. The van der Waals surface area contributed by atoms with Crippen molar-refractivity contribution in [3.63, 3.8) is 0 Å². The van der Waals surface area contributed by atoms with Gasteiger partial charge in [0.15, 0.2) is 11.5 Å². The third-order valence-corrected chi connectivity index (χ3v) is 7.89. The summed E-state index contributed by atoms with van der Waals surface area (Å²) in [7, 11) is -1.02. The summed E-state index contributed by atoms with van der Waals surface area (Å²) in [5.74, 6) is 1.14. The van der Waals surface area contributed by atoms with Gasteiger partial charge >= 0.3 is 0 Å². The van der Waals surface area contributed by atoms with Crippen molar-refractivity contribution >= 4 is 21.9 Å². The molecule has 13 nitrogen and oxygen atoms in total. The van der Waals surface area contributed by atoms with Gasteiger partial charge in [-0.3, -0.25) is 9.29 Å². The van der Waals surface area contributed by atoms with E-state index in [9.17, 15) is 8.42 Å². The van der Waals surface area contributed by atoms with Crippen LogP contribution >= 0.6 is 0 Å². The van der Waals surface area contributed by atoms with Gasteiger partial charge in [0.1, 0.15) is 6.33 Å². The Morgan fingerprint density at radius 2 is 1.66 bits per heavy atom. The van der Waals surface area contributed by atoms with Crippen LogP contribution in [0.4, 0.5) is 11.9 Å². The maximum absolute atomic E-state index is 13.7. The van der Waals surface area contributed by atoms with E-state index in [-0.39, 0.29) is 29.9 Å². The zero-order chi connectivity index (χ0) is 26.7. The molecule has 38 heavy (non-hydrogen) atoms. The van der Waals surface area contributed by atoms with Crippen LogP contribution in [0.25, 0.3) is 17.1 Å². The zero-order valence-electron chi connectivity index (χ0n) is 21.1. The lowest BCUT2D eigenvalue weighted by Crippen LogP contribution is -2.45. The first-order valence-electron chi connectivity index (χ1n) is 11.9. The van der Waals surface area contributed by atoms with Crippen LogP contribution in [0.5, 0.6) is 11.8 Å². The first kappa shape index (κ1) is 25.3. The lowest BCUT2D eigenvalue weighted by atomic mass is 10.1. The Balaban J connectivity index is 1.54. The molecule has 0 bridgehead atoms. The van der Waals surface area contributed by atoms with Crippen LogP contribution < -0.4 is 19.1 Å². The van der Waals surface area contributed by atoms with Crippen molar-refractivity contribution in [1.29, 1.82) is 0 Å². The number of hydrogen-bond acceptors (Lipinski definition) is 11. The molecule has 0 unspecified atom stereocenters. The number of hydrogen-bond donors (Lipinski definition) is 1. The lowest BCUT2D eigenvalue weighted by molar-refractivity contribution is 0.368. The van der Waals surface area contributed by atoms with E-state index in [0.717, 1.165) is 5.56 Å². The third-order valence-electron chi connectivity index (χ3n) is 6.16. The van der Waals surface area contributed by atoms with E-state index in [4.69, 9.17) is 9.47 Å². The van der Waals surface area contributed by atoms with Gasteiger partial charge < -0.3 is 14.4 Å². The summed E-state index contributed by atoms with van der Waals surface area (Å²) in [4.78, 5) is 19.0. The summed E-state index contributed by atoms with van der Waals surface area (Å²) in [5.41, 5.74) is 1.89. The van der Waals surface area contributed by atoms with Crippen LogP contribution in [0.3, 0.4) is 0 Å². The number of rotatable bonds is 8. The van der Waals surface area contributed by atoms with Crippen molar-refractivity contribution in [2.45, 2.75) is 25.0 Å². The standard InChI is InChI=1S/C24H27N9O4S/c1-16-12-25-23(26-13-16)32-11-7-10-18(14-32)38(34,35)31-24-30-29-20(17-8-5-4-6-9-17)33(24)19-21(36-2)27-15-28-22(19)37-3/h4-6,8-9,12-13,15,18H,7,10-11,14H2,1-3H3,(H,30,31)/t18-/m0/s1. The highest BCUT2D eigenvalue weighted by atomic mass is 32.2. The maximum atomic E-state index is 13.7. The van der Waals surface area contributed by atoms with Crippen LogP contribution in [0.1, 0.15) is 18.4 Å². The van der Waals surface area contributed by atoms with Gasteiger partial charge in [-0.1, -0.05) is 30.3 Å². The molecule has 1 N–H and O–H groups in total. The van der Waals surface area contributed by atoms with Crippen molar-refractivity contribution < 1.29 is 17.9 Å². The van der Waals surface area contributed by atoms with Crippen molar-refractivity contribution in [3.8, 4) is 28.8 Å². The van der Waals surface area contributed by atoms with Gasteiger partial charge in [0.2, 0.25) is 33.7 Å². The highest BCUT2D eigenvalue weighted by molar-refractivity contribution is 7.93. The molecule has 1 atom stereocenters. The molecule has 5 rings (SSSR count). The molecule has 1 aliphatic heterocycles. The molecule has 4 aromatic rings. The fourth-order valence-corrected chi connectivity index (χ4v) is 5.71. The van der Waals surface area contributed by atoms with Crippen LogP contribution in [-0.2, 0) is 10.0 Å². The van der Waals surface area contributed by atoms with Crippen LogP contribution in [-0.4, -0.2) is 75.7 Å². The molecule has 0 radical (unpaired) electrons. The number of piperidine rings is 1. The summed E-state index contributed by atoms with van der Waals surface area (Å²) in [6.07, 6.45) is 5.86. The Morgan fingerprint density at radius 3 is 2.32 bits per heavy atom. The molecule has 1 fully saturated rings. The maximum Gasteiger partial charge on any atom is 0.245 e. The average molecular weight is 538 g/mol. The van der Waals surface area contributed by atoms with Crippen LogP contribution in [0.2, 0.25) is 0 Å². The Kier molecular flexibility index (Phi) is 7.05. The van der Waals surface area contributed by atoms with E-state index in [2.05, 4.69) is 34.9 Å². The number of aryl methyl sites for hydroxylation is 1. The van der Waals surface area contributed by atoms with Gasteiger partial charge in [-0.05, 0) is 25.3 Å². The zero-order valence-corrected chi connectivity index (χ0v) is 22.0. The Bertz CT molecular complexity index is 1490. The van der Waals surface area contributed by atoms with Gasteiger partial charge in [-0.25, -0.2) is 18.4 Å². The second-order valence-corrected chi connectivity index (χ2v) is 10.7. The molecule has 3 aromatic heterocycles. The molecule has 4 heterocycles. The van der Waals surface area contributed by atoms with Crippen molar-refractivity contribution in [2.75, 3.05) is 36.9 Å². The molecular formula is C24H27N9O4S. The first-order chi connectivity index (χ1) is 18.4. The molecule has 0 saturated carbocycles. The van der Waals surface area contributed by atoms with E-state index in [1.165, 1.54) is 25.1 Å². The minimum atomic E-state index is -3.92. The van der Waals surface area contributed by atoms with Crippen molar-refractivity contribution in [3.05, 3.63) is 54.6 Å². The fourth-order valence-electron chi connectivity index (χ4n) is 4.31. The minimum Gasteiger partial charge on any atom is -0.479 e. The highest BCUT2D eigenvalue weighted by Crippen LogP contribution is 2.35. The van der Waals surface area contributed by atoms with Crippen molar-refractivity contribution in [1.82, 2.24) is 34.7 Å². The van der Waals surface area contributed by atoms with Gasteiger partial charge in [-0.2, -0.15) is 9.97 Å². The number of nitrogens with zero attached hydrogens (tertiary/aromatic N) is 8. The molecule has 0 amide bonds. The molecular weight excluding hydrogens is 510 g/mol. The van der Waals surface area contributed by atoms with Crippen LogP contribution in [0.15, 0.2) is 49.1 Å². The number of ether oxygens (including phenoxy) is 2. The van der Waals surface area contributed by atoms with Gasteiger partial charge in [-0.15, -0.1) is 10.2 Å². The van der Waals surface area contributed by atoms with E-state index in [0.29, 0.717) is 36.7 Å². The molecule has 14 heteroatoms. The second kappa shape index (κ2) is 10.6. The molecule has 1 aromatic carbocycles. The van der Waals surface area contributed by atoms with Gasteiger partial charge in [0.05, 0.1) is 19.5 Å². The first-order valence-corrected chi connectivity index (χ1v) is 13.5. The monoisotopic (exact) mass is 537 g/mol. The number of nitrogens with one attached hydrogen (secondary N) is 1. The van der Waals surface area contributed by atoms with E-state index in [1.54, 1.807) is 12.4 Å². The van der Waals surface area contributed by atoms with Crippen molar-refractivity contribution in [2.24, 2.45) is 0 Å². The summed E-state index contributed by atoms with van der Waals surface area (Å²) in [6.45, 7) is 2.80. The summed E-state index contributed by atoms with van der Waals surface area (Å²) >= 11 is 0. The van der Waals surface area contributed by atoms with Gasteiger partial charge in [0, 0.05) is 31.0 Å². The number of benzene rings is 1. The largest absolute Gasteiger partial charge is 0.479 e. The van der Waals surface area contributed by atoms with E-state index >= 15 is 0 Å². The quantitative estimate of drug-likeness (QED) is 0.352. The predicted octanol–water partition coefficient (Wildman–Crippen LogP) is 2.25. The second-order valence-electron chi connectivity index (χ2n) is 8.71. The van der Waals surface area contributed by atoms with E-state index in [1.807, 2.05) is 42.2 Å². The number of sulfonamides is 1. The van der Waals surface area contributed by atoms with E-state index < -0.39 is 15.3 Å². The minimum absolute atomic E-state index is 0.0426. The normalized spacial score (nSPS) is 15.8. The van der Waals surface area contributed by atoms with Crippen LogP contribution in [0, 0.1) is 6.92 Å². The number of methoxy groups -OCH3 is 2. The Labute approximate surface area is 220 Å². The molecule has 0 aliphatic carbocycles. The summed E-state index contributed by atoms with van der Waals surface area (Å²) in [6, 6.07) is 9.23. The molecule has 1 saturated heterocycles. The smallest absolute Gasteiger partial charge is 0.245 e. The SMILES string of the molecule is COc1ncnc(OC)c1-n1c(NS(=O)(=O)[C@H]2CCCN(c3ncc(C)cn3)C2)nnc1-c1ccccc1. The summed E-state index contributed by atoms with van der Waals surface area (Å²) < 4.78 is 42.4. The average Bonchev–Trinajstić information content (AvgIpc) is 3.35. The fraction of sp³-hybridized carbons (Fsp3) is 0.333. The molecule has 198 valence electrons. The highest BCUT2D eigenvalue weighted by Gasteiger charge is 2.34. The lowest BCUT2D eigenvalue weighted by Gasteiger charge is -2.32. The topological polar surface area (TPSA) is 150 Å². The number of anilines is 2. The Hall–Kier alpha value is -4.33. The number of aromatic nitrogens is 7. The predicted molar refractivity (Wildman–Crippen MR) is 140 cm³/mol. The Morgan fingerprint density at radius 1 is 0.974 bits per heavy atom. The van der Waals surface area contributed by atoms with Gasteiger partial charge in [0.25, 0.3) is 0 Å².